The summed E-state index contributed by atoms with van der Waals surface area (Å²) in [5.74, 6) is 0. The number of pyridine rings is 1. The first-order valence-electron chi connectivity index (χ1n) is 5.85. The van der Waals surface area contributed by atoms with Crippen molar-refractivity contribution in [1.29, 1.82) is 0 Å². The highest BCUT2D eigenvalue weighted by Crippen LogP contribution is 2.32. The molecule has 1 fully saturated rings. The quantitative estimate of drug-likeness (QED) is 0.761. The highest BCUT2D eigenvalue weighted by atomic mass is 27.0. The van der Waals surface area contributed by atoms with Crippen LogP contribution >= 0.6 is 0 Å². The van der Waals surface area contributed by atoms with Gasteiger partial charge in [0.1, 0.15) is 16.3 Å². The van der Waals surface area contributed by atoms with Gasteiger partial charge in [0.2, 0.25) is 0 Å². The summed E-state index contributed by atoms with van der Waals surface area (Å²) in [5.41, 5.74) is 1.40. The fourth-order valence-electron chi connectivity index (χ4n) is 2.53. The molecule has 2 N–H and O–H groups in total. The lowest BCUT2D eigenvalue weighted by Gasteiger charge is -2.43. The van der Waals surface area contributed by atoms with E-state index in [1.54, 1.807) is 0 Å². The molecule has 1 aliphatic rings. The summed E-state index contributed by atoms with van der Waals surface area (Å²) in [6.07, 6.45) is 6.22. The first-order chi connectivity index (χ1) is 7.76. The summed E-state index contributed by atoms with van der Waals surface area (Å²) >= 11 is 2.74. The van der Waals surface area contributed by atoms with Gasteiger partial charge in [0.05, 0.1) is 6.04 Å². The van der Waals surface area contributed by atoms with Gasteiger partial charge in [-0.3, -0.25) is 4.98 Å². The number of rotatable bonds is 3. The molecule has 0 aromatic carbocycles. The number of nitrogens with zero attached hydrogens (tertiary/aromatic N) is 1. The van der Waals surface area contributed by atoms with E-state index in [-0.39, 0.29) is 5.54 Å². The molecule has 84 valence electrons. The highest BCUT2D eigenvalue weighted by molar-refractivity contribution is 6.08. The summed E-state index contributed by atoms with van der Waals surface area (Å²) in [6.45, 7) is 3.38. The van der Waals surface area contributed by atoms with Crippen molar-refractivity contribution >= 4 is 16.3 Å². The Morgan fingerprint density at radius 2 is 2.56 bits per heavy atom. The Kier molecular flexibility index (Phi) is 3.99. The van der Waals surface area contributed by atoms with E-state index in [2.05, 4.69) is 44.9 Å². The Bertz CT molecular complexity index is 326. The molecule has 0 saturated carbocycles. The van der Waals surface area contributed by atoms with Crippen LogP contribution in [0.5, 0.6) is 0 Å². The zero-order valence-corrected chi connectivity index (χ0v) is 10.9. The Morgan fingerprint density at radius 3 is 3.25 bits per heavy atom. The predicted octanol–water partition coefficient (Wildman–Crippen LogP) is 0.980. The summed E-state index contributed by atoms with van der Waals surface area (Å²) in [4.78, 5) is 4.21. The number of nitrogens with one attached hydrogen (secondary N) is 2. The van der Waals surface area contributed by atoms with Crippen LogP contribution in [0.2, 0.25) is 0 Å². The number of aromatic nitrogens is 1. The zero-order valence-electron chi connectivity index (χ0n) is 9.74. The Morgan fingerprint density at radius 1 is 1.69 bits per heavy atom. The van der Waals surface area contributed by atoms with Gasteiger partial charge in [-0.15, -0.1) is 0 Å². The molecule has 2 atom stereocenters. The molecule has 1 aromatic heterocycles. The maximum Gasteiger partial charge on any atom is 0.143 e. The first kappa shape index (κ1) is 12.1. The van der Waals surface area contributed by atoms with E-state index in [0.29, 0.717) is 6.04 Å². The smallest absolute Gasteiger partial charge is 0.143 e. The lowest BCUT2D eigenvalue weighted by atomic mass is 9.81. The van der Waals surface area contributed by atoms with Crippen molar-refractivity contribution in [2.24, 2.45) is 0 Å². The summed E-state index contributed by atoms with van der Waals surface area (Å²) < 4.78 is 0. The largest absolute Gasteiger partial charge is 0.326 e. The van der Waals surface area contributed by atoms with Gasteiger partial charge in [-0.2, -0.15) is 0 Å². The van der Waals surface area contributed by atoms with Crippen molar-refractivity contribution in [2.75, 3.05) is 12.0 Å². The second-order valence-corrected chi connectivity index (χ2v) is 4.98. The van der Waals surface area contributed by atoms with Gasteiger partial charge in [0.15, 0.2) is 0 Å². The Hall–Kier alpha value is -0.398. The van der Waals surface area contributed by atoms with Gasteiger partial charge < -0.3 is 10.6 Å². The third kappa shape index (κ3) is 2.47. The van der Waals surface area contributed by atoms with E-state index in [4.69, 9.17) is 0 Å². The lowest BCUT2D eigenvalue weighted by Crippen LogP contribution is -2.56. The fourth-order valence-corrected chi connectivity index (χ4v) is 2.99. The molecule has 2 rings (SSSR count). The van der Waals surface area contributed by atoms with Gasteiger partial charge in [-0.1, -0.05) is 11.5 Å². The average Bonchev–Trinajstić information content (AvgIpc) is 2.31. The van der Waals surface area contributed by atoms with E-state index in [9.17, 15) is 0 Å². The van der Waals surface area contributed by atoms with Crippen LogP contribution in [-0.2, 0) is 0 Å². The van der Waals surface area contributed by atoms with Gasteiger partial charge in [-0.05, 0) is 37.9 Å². The normalized spacial score (nSPS) is 30.2. The standard InChI is InChI=1S/C12H18N3.Al/c1-12(13-2)6-4-8-15-11(12)10-5-3-7-14-9-10;/h3,5,7,9,11,13,15H,2,4,6,8H2,1H3;/t11-,12+;/m0./s1. The molecule has 16 heavy (non-hydrogen) atoms. The van der Waals surface area contributed by atoms with Crippen LogP contribution in [-0.4, -0.2) is 38.8 Å². The van der Waals surface area contributed by atoms with Crippen molar-refractivity contribution in [3.05, 3.63) is 30.1 Å². The van der Waals surface area contributed by atoms with E-state index < -0.39 is 0 Å². The van der Waals surface area contributed by atoms with Gasteiger partial charge in [0, 0.05) is 17.9 Å². The SMILES string of the molecule is C[C@@]1(N[CH2][Al])CCCN[C@H]1c1cccnc1. The van der Waals surface area contributed by atoms with Crippen LogP contribution in [0.4, 0.5) is 0 Å². The predicted molar refractivity (Wildman–Crippen MR) is 66.4 cm³/mol. The first-order valence-corrected chi connectivity index (χ1v) is 6.66. The maximum absolute atomic E-state index is 4.21. The molecule has 1 aromatic rings. The van der Waals surface area contributed by atoms with Crippen LogP contribution in [0.3, 0.4) is 0 Å². The van der Waals surface area contributed by atoms with E-state index in [0.717, 1.165) is 12.0 Å². The molecule has 2 heterocycles. The topological polar surface area (TPSA) is 37.0 Å². The third-order valence-electron chi connectivity index (χ3n) is 3.38. The summed E-state index contributed by atoms with van der Waals surface area (Å²) in [5, 5.41) is 8.11. The Labute approximate surface area is 105 Å². The second-order valence-electron chi connectivity index (χ2n) is 4.58. The third-order valence-corrected chi connectivity index (χ3v) is 3.59. The van der Waals surface area contributed by atoms with Crippen molar-refractivity contribution in [2.45, 2.75) is 31.3 Å². The van der Waals surface area contributed by atoms with Crippen LogP contribution in [0, 0.1) is 0 Å². The monoisotopic (exact) mass is 231 g/mol. The minimum atomic E-state index is 0.128. The minimum Gasteiger partial charge on any atom is -0.326 e. The van der Waals surface area contributed by atoms with E-state index in [1.165, 1.54) is 18.4 Å². The minimum absolute atomic E-state index is 0.128. The summed E-state index contributed by atoms with van der Waals surface area (Å²) in [6, 6.07) is 4.52. The molecule has 1 aliphatic heterocycles. The highest BCUT2D eigenvalue weighted by Gasteiger charge is 2.36. The van der Waals surface area contributed by atoms with Gasteiger partial charge in [0.25, 0.3) is 0 Å². The molecule has 0 bridgehead atoms. The van der Waals surface area contributed by atoms with Crippen molar-refractivity contribution in [3.63, 3.8) is 0 Å². The number of piperidine rings is 1. The van der Waals surface area contributed by atoms with Crippen LogP contribution in [0.1, 0.15) is 31.4 Å². The maximum atomic E-state index is 4.21. The molecular formula is C12H18AlN3. The number of hydrogen-bond acceptors (Lipinski definition) is 3. The number of hydrogen-bond donors (Lipinski definition) is 2. The summed E-state index contributed by atoms with van der Waals surface area (Å²) in [7, 11) is 0. The molecule has 0 aliphatic carbocycles. The van der Waals surface area contributed by atoms with Crippen molar-refractivity contribution < 1.29 is 0 Å². The van der Waals surface area contributed by atoms with Crippen molar-refractivity contribution in [1.82, 2.24) is 15.6 Å². The van der Waals surface area contributed by atoms with Crippen LogP contribution < -0.4 is 10.6 Å². The second kappa shape index (κ2) is 5.29. The lowest BCUT2D eigenvalue weighted by molar-refractivity contribution is 0.208. The van der Waals surface area contributed by atoms with Crippen molar-refractivity contribution in [3.8, 4) is 0 Å². The van der Waals surface area contributed by atoms with Crippen LogP contribution in [0.15, 0.2) is 24.5 Å². The van der Waals surface area contributed by atoms with E-state index in [1.807, 2.05) is 18.5 Å². The molecule has 2 radical (unpaired) electrons. The van der Waals surface area contributed by atoms with E-state index >= 15 is 0 Å². The molecule has 0 amide bonds. The molecule has 1 saturated heterocycles. The molecule has 0 unspecified atom stereocenters. The molecular weight excluding hydrogens is 213 g/mol. The van der Waals surface area contributed by atoms with Crippen LogP contribution in [0.25, 0.3) is 0 Å². The molecule has 4 heteroatoms. The average molecular weight is 231 g/mol. The molecule has 3 nitrogen and oxygen atoms in total. The van der Waals surface area contributed by atoms with Gasteiger partial charge >= 0.3 is 0 Å². The molecule has 0 spiro atoms. The Balaban J connectivity index is 2.23. The zero-order chi connectivity index (χ0) is 11.4. The fraction of sp³-hybridized carbons (Fsp3) is 0.583. The van der Waals surface area contributed by atoms with Gasteiger partial charge in [-0.25, -0.2) is 0 Å².